The lowest BCUT2D eigenvalue weighted by atomic mass is 9.91. The van der Waals surface area contributed by atoms with Crippen LogP contribution in [0.4, 0.5) is 0 Å². The largest absolute Gasteiger partial charge is 0.347 e. The highest BCUT2D eigenvalue weighted by Crippen LogP contribution is 2.32. The van der Waals surface area contributed by atoms with Crippen molar-refractivity contribution in [2.24, 2.45) is 0 Å². The molecule has 0 saturated heterocycles. The highest BCUT2D eigenvalue weighted by Gasteiger charge is 2.24. The number of nitrogens with one attached hydrogen (secondary N) is 1. The summed E-state index contributed by atoms with van der Waals surface area (Å²) in [5.74, 6) is 0. The second-order valence-electron chi connectivity index (χ2n) is 4.95. The molecule has 0 aromatic carbocycles. The van der Waals surface area contributed by atoms with Gasteiger partial charge in [0, 0.05) is 24.6 Å². The van der Waals surface area contributed by atoms with Gasteiger partial charge in [0.25, 0.3) is 0 Å². The summed E-state index contributed by atoms with van der Waals surface area (Å²) in [4.78, 5) is 14.2. The molecule has 4 heteroatoms. The van der Waals surface area contributed by atoms with Gasteiger partial charge in [0.05, 0.1) is 18.1 Å². The first kappa shape index (κ1) is 11.4. The van der Waals surface area contributed by atoms with E-state index in [1.54, 1.807) is 6.33 Å². The summed E-state index contributed by atoms with van der Waals surface area (Å²) in [5, 5.41) is 0. The Kier molecular flexibility index (Phi) is 3.11. The monoisotopic (exact) mass is 242 g/mol. The zero-order valence-corrected chi connectivity index (χ0v) is 10.6. The lowest BCUT2D eigenvalue weighted by Gasteiger charge is -2.31. The van der Waals surface area contributed by atoms with E-state index in [1.165, 1.54) is 24.1 Å². The van der Waals surface area contributed by atoms with Crippen LogP contribution < -0.4 is 0 Å². The van der Waals surface area contributed by atoms with E-state index in [2.05, 4.69) is 33.0 Å². The van der Waals surface area contributed by atoms with Gasteiger partial charge in [0.15, 0.2) is 0 Å². The van der Waals surface area contributed by atoms with Gasteiger partial charge < -0.3 is 4.98 Å². The number of imidazole rings is 1. The van der Waals surface area contributed by atoms with Crippen molar-refractivity contribution in [1.29, 1.82) is 0 Å². The third kappa shape index (κ3) is 2.16. The summed E-state index contributed by atoms with van der Waals surface area (Å²) in [6.45, 7) is 0.890. The Hall–Kier alpha value is -1.68. The van der Waals surface area contributed by atoms with Crippen LogP contribution in [0.2, 0.25) is 0 Å². The van der Waals surface area contributed by atoms with E-state index in [-0.39, 0.29) is 0 Å². The first-order valence-corrected chi connectivity index (χ1v) is 6.46. The van der Waals surface area contributed by atoms with Crippen LogP contribution in [0.1, 0.15) is 35.8 Å². The highest BCUT2D eigenvalue weighted by atomic mass is 15.1. The molecule has 3 rings (SSSR count). The zero-order valence-electron chi connectivity index (χ0n) is 10.6. The number of pyridine rings is 1. The van der Waals surface area contributed by atoms with Crippen molar-refractivity contribution in [2.45, 2.75) is 31.8 Å². The van der Waals surface area contributed by atoms with Gasteiger partial charge in [0.2, 0.25) is 0 Å². The molecule has 1 aliphatic rings. The van der Waals surface area contributed by atoms with E-state index in [4.69, 9.17) is 0 Å². The Bertz CT molecular complexity index is 506. The first-order chi connectivity index (χ1) is 8.84. The lowest BCUT2D eigenvalue weighted by Crippen LogP contribution is -2.28. The van der Waals surface area contributed by atoms with Crippen LogP contribution in [0.5, 0.6) is 0 Å². The molecule has 2 aromatic heterocycles. The molecule has 4 nitrogen and oxygen atoms in total. The third-order valence-electron chi connectivity index (χ3n) is 3.67. The second kappa shape index (κ2) is 4.90. The van der Waals surface area contributed by atoms with Gasteiger partial charge in [-0.1, -0.05) is 6.07 Å². The van der Waals surface area contributed by atoms with E-state index in [9.17, 15) is 0 Å². The van der Waals surface area contributed by atoms with Gasteiger partial charge in [-0.2, -0.15) is 0 Å². The Morgan fingerprint density at radius 3 is 3.28 bits per heavy atom. The van der Waals surface area contributed by atoms with Crippen molar-refractivity contribution in [3.05, 3.63) is 47.8 Å². The molecule has 1 aliphatic carbocycles. The molecular formula is C14H18N4. The fourth-order valence-corrected chi connectivity index (χ4v) is 2.76. The number of hydrogen-bond donors (Lipinski definition) is 1. The Labute approximate surface area is 107 Å². The molecule has 2 heterocycles. The quantitative estimate of drug-likeness (QED) is 0.898. The van der Waals surface area contributed by atoms with E-state index in [0.717, 1.165) is 18.7 Å². The number of rotatable bonds is 3. The van der Waals surface area contributed by atoms with Crippen molar-refractivity contribution in [2.75, 3.05) is 7.05 Å². The molecular weight excluding hydrogens is 224 g/mol. The number of aromatic amines is 1. The molecule has 0 aliphatic heterocycles. The van der Waals surface area contributed by atoms with Crippen molar-refractivity contribution < 1.29 is 0 Å². The fourth-order valence-electron chi connectivity index (χ4n) is 2.76. The highest BCUT2D eigenvalue weighted by molar-refractivity contribution is 5.25. The minimum Gasteiger partial charge on any atom is -0.347 e. The Balaban J connectivity index is 1.80. The zero-order chi connectivity index (χ0) is 12.4. The summed E-state index contributed by atoms with van der Waals surface area (Å²) in [7, 11) is 2.16. The van der Waals surface area contributed by atoms with Gasteiger partial charge in [-0.3, -0.25) is 9.88 Å². The van der Waals surface area contributed by atoms with Crippen LogP contribution in [-0.4, -0.2) is 26.9 Å². The van der Waals surface area contributed by atoms with E-state index >= 15 is 0 Å². The van der Waals surface area contributed by atoms with Crippen molar-refractivity contribution in [1.82, 2.24) is 19.9 Å². The van der Waals surface area contributed by atoms with Gasteiger partial charge in [-0.05, 0) is 37.9 Å². The van der Waals surface area contributed by atoms with Crippen molar-refractivity contribution in [3.63, 3.8) is 0 Å². The third-order valence-corrected chi connectivity index (χ3v) is 3.67. The molecule has 1 atom stereocenters. The Morgan fingerprint density at radius 2 is 2.44 bits per heavy atom. The number of nitrogens with zero attached hydrogens (tertiary/aromatic N) is 3. The first-order valence-electron chi connectivity index (χ1n) is 6.46. The molecule has 0 bridgehead atoms. The molecule has 1 unspecified atom stereocenters. The maximum absolute atomic E-state index is 4.58. The maximum atomic E-state index is 4.58. The van der Waals surface area contributed by atoms with Crippen molar-refractivity contribution >= 4 is 0 Å². The summed E-state index contributed by atoms with van der Waals surface area (Å²) in [6.07, 6.45) is 9.12. The van der Waals surface area contributed by atoms with Gasteiger partial charge in [-0.25, -0.2) is 4.98 Å². The van der Waals surface area contributed by atoms with Gasteiger partial charge in [-0.15, -0.1) is 0 Å². The molecule has 0 spiro atoms. The number of aryl methyl sites for hydroxylation is 1. The molecule has 2 aromatic rings. The summed E-state index contributed by atoms with van der Waals surface area (Å²) >= 11 is 0. The van der Waals surface area contributed by atoms with Crippen LogP contribution in [0, 0.1) is 0 Å². The molecule has 1 N–H and O–H groups in total. The van der Waals surface area contributed by atoms with E-state index < -0.39 is 0 Å². The topological polar surface area (TPSA) is 44.8 Å². The number of aromatic nitrogens is 3. The average molecular weight is 242 g/mol. The summed E-state index contributed by atoms with van der Waals surface area (Å²) < 4.78 is 0. The fraction of sp³-hybridized carbons (Fsp3) is 0.429. The lowest BCUT2D eigenvalue weighted by molar-refractivity contribution is 0.206. The molecule has 0 radical (unpaired) electrons. The van der Waals surface area contributed by atoms with E-state index in [1.807, 2.05) is 18.5 Å². The van der Waals surface area contributed by atoms with Crippen LogP contribution >= 0.6 is 0 Å². The van der Waals surface area contributed by atoms with Crippen LogP contribution in [0.3, 0.4) is 0 Å². The van der Waals surface area contributed by atoms with Gasteiger partial charge in [0.1, 0.15) is 0 Å². The second-order valence-corrected chi connectivity index (χ2v) is 4.95. The maximum Gasteiger partial charge on any atom is 0.0922 e. The SMILES string of the molecule is CN(Cc1cnc[nH]1)C1CCCc2cccnc21. The summed E-state index contributed by atoms with van der Waals surface area (Å²) in [6, 6.07) is 4.67. The van der Waals surface area contributed by atoms with Crippen LogP contribution in [-0.2, 0) is 13.0 Å². The molecule has 0 saturated carbocycles. The molecule has 0 amide bonds. The summed E-state index contributed by atoms with van der Waals surface area (Å²) in [5.41, 5.74) is 3.82. The number of hydrogen-bond acceptors (Lipinski definition) is 3. The Morgan fingerprint density at radius 1 is 1.50 bits per heavy atom. The van der Waals surface area contributed by atoms with Crippen LogP contribution in [0.15, 0.2) is 30.9 Å². The number of H-pyrrole nitrogens is 1. The normalized spacial score (nSPS) is 18.9. The van der Waals surface area contributed by atoms with Crippen molar-refractivity contribution in [3.8, 4) is 0 Å². The van der Waals surface area contributed by atoms with E-state index in [0.29, 0.717) is 6.04 Å². The standard InChI is InChI=1S/C14H18N4/c1-18(9-12-8-15-10-17-12)13-6-2-4-11-5-3-7-16-14(11)13/h3,5,7-8,10,13H,2,4,6,9H2,1H3,(H,15,17). The number of fused-ring (bicyclic) bond motifs is 1. The minimum absolute atomic E-state index is 0.429. The minimum atomic E-state index is 0.429. The van der Waals surface area contributed by atoms with Crippen LogP contribution in [0.25, 0.3) is 0 Å². The predicted octanol–water partition coefficient (Wildman–Crippen LogP) is 2.31. The predicted molar refractivity (Wildman–Crippen MR) is 70.0 cm³/mol. The molecule has 94 valence electrons. The average Bonchev–Trinajstić information content (AvgIpc) is 2.91. The molecule has 18 heavy (non-hydrogen) atoms. The molecule has 0 fully saturated rings. The smallest absolute Gasteiger partial charge is 0.0922 e. The van der Waals surface area contributed by atoms with Gasteiger partial charge >= 0.3 is 0 Å².